The summed E-state index contributed by atoms with van der Waals surface area (Å²) in [6.45, 7) is 5.86. The van der Waals surface area contributed by atoms with E-state index < -0.39 is 0 Å². The standard InChI is InChI=1S/C17H23NO2/c1-4-18-13(2)11-15-9-10-17(20-15)16-8-6-5-7-14(16)12-19-3/h5-10,13,18H,4,11-12H2,1-3H3. The zero-order valence-electron chi connectivity index (χ0n) is 12.5. The molecule has 1 atom stereocenters. The van der Waals surface area contributed by atoms with Crippen LogP contribution in [0.3, 0.4) is 0 Å². The maximum Gasteiger partial charge on any atom is 0.134 e. The molecule has 0 bridgehead atoms. The topological polar surface area (TPSA) is 34.4 Å². The summed E-state index contributed by atoms with van der Waals surface area (Å²) < 4.78 is 11.2. The number of rotatable bonds is 7. The van der Waals surface area contributed by atoms with Crippen LogP contribution < -0.4 is 5.32 Å². The lowest BCUT2D eigenvalue weighted by Crippen LogP contribution is -2.27. The Morgan fingerprint density at radius 1 is 1.20 bits per heavy atom. The monoisotopic (exact) mass is 273 g/mol. The van der Waals surface area contributed by atoms with Crippen molar-refractivity contribution >= 4 is 0 Å². The van der Waals surface area contributed by atoms with Gasteiger partial charge in [-0.25, -0.2) is 0 Å². The number of methoxy groups -OCH3 is 1. The molecule has 0 aliphatic heterocycles. The number of benzene rings is 1. The van der Waals surface area contributed by atoms with Crippen molar-refractivity contribution in [3.05, 3.63) is 47.7 Å². The molecule has 1 heterocycles. The maximum absolute atomic E-state index is 5.98. The van der Waals surface area contributed by atoms with Gasteiger partial charge in [0, 0.05) is 25.1 Å². The highest BCUT2D eigenvalue weighted by Gasteiger charge is 2.11. The molecule has 0 fully saturated rings. The highest BCUT2D eigenvalue weighted by atomic mass is 16.5. The van der Waals surface area contributed by atoms with Crippen LogP contribution >= 0.6 is 0 Å². The second-order valence-corrected chi connectivity index (χ2v) is 5.02. The highest BCUT2D eigenvalue weighted by Crippen LogP contribution is 2.26. The molecule has 0 radical (unpaired) electrons. The van der Waals surface area contributed by atoms with Crippen LogP contribution in [0.15, 0.2) is 40.8 Å². The molecule has 20 heavy (non-hydrogen) atoms. The molecular weight excluding hydrogens is 250 g/mol. The number of likely N-dealkylation sites (N-methyl/N-ethyl adjacent to an activating group) is 1. The van der Waals surface area contributed by atoms with Crippen molar-refractivity contribution < 1.29 is 9.15 Å². The molecule has 0 spiro atoms. The first-order valence-corrected chi connectivity index (χ1v) is 7.14. The quantitative estimate of drug-likeness (QED) is 0.836. The predicted molar refractivity (Wildman–Crippen MR) is 81.7 cm³/mol. The van der Waals surface area contributed by atoms with E-state index in [0.717, 1.165) is 35.6 Å². The summed E-state index contributed by atoms with van der Waals surface area (Å²) in [4.78, 5) is 0. The molecule has 2 aromatic rings. The van der Waals surface area contributed by atoms with Crippen LogP contribution in [0.2, 0.25) is 0 Å². The van der Waals surface area contributed by atoms with Crippen LogP contribution in [0.5, 0.6) is 0 Å². The molecule has 3 heteroatoms. The van der Waals surface area contributed by atoms with E-state index in [4.69, 9.17) is 9.15 Å². The van der Waals surface area contributed by atoms with Gasteiger partial charge in [0.2, 0.25) is 0 Å². The number of nitrogens with one attached hydrogen (secondary N) is 1. The van der Waals surface area contributed by atoms with E-state index in [1.54, 1.807) is 7.11 Å². The molecule has 0 saturated heterocycles. The molecule has 108 valence electrons. The fourth-order valence-electron chi connectivity index (χ4n) is 2.40. The Morgan fingerprint density at radius 2 is 2.00 bits per heavy atom. The first-order valence-electron chi connectivity index (χ1n) is 7.14. The summed E-state index contributed by atoms with van der Waals surface area (Å²) >= 11 is 0. The van der Waals surface area contributed by atoms with Gasteiger partial charge in [0.05, 0.1) is 6.61 Å². The molecule has 0 aliphatic carbocycles. The Balaban J connectivity index is 2.16. The van der Waals surface area contributed by atoms with E-state index in [2.05, 4.69) is 37.4 Å². The largest absolute Gasteiger partial charge is 0.461 e. The fourth-order valence-corrected chi connectivity index (χ4v) is 2.40. The average Bonchev–Trinajstić information content (AvgIpc) is 2.88. The summed E-state index contributed by atoms with van der Waals surface area (Å²) in [5, 5.41) is 3.39. The third kappa shape index (κ3) is 3.71. The van der Waals surface area contributed by atoms with E-state index in [0.29, 0.717) is 12.6 Å². The Hall–Kier alpha value is -1.58. The van der Waals surface area contributed by atoms with Crippen molar-refractivity contribution in [2.75, 3.05) is 13.7 Å². The minimum atomic E-state index is 0.424. The van der Waals surface area contributed by atoms with Gasteiger partial charge in [-0.3, -0.25) is 0 Å². The Morgan fingerprint density at radius 3 is 2.75 bits per heavy atom. The van der Waals surface area contributed by atoms with E-state index in [1.807, 2.05) is 18.2 Å². The maximum atomic E-state index is 5.98. The third-order valence-corrected chi connectivity index (χ3v) is 3.30. The van der Waals surface area contributed by atoms with Gasteiger partial charge in [0.25, 0.3) is 0 Å². The SMILES string of the molecule is CCNC(C)Cc1ccc(-c2ccccc2COC)o1. The Bertz CT molecular complexity index is 533. The first kappa shape index (κ1) is 14.8. The van der Waals surface area contributed by atoms with Gasteiger partial charge in [-0.1, -0.05) is 31.2 Å². The Kier molecular flexibility index (Phi) is 5.39. The molecule has 1 unspecified atom stereocenters. The van der Waals surface area contributed by atoms with Gasteiger partial charge in [-0.2, -0.15) is 0 Å². The number of hydrogen-bond acceptors (Lipinski definition) is 3. The normalized spacial score (nSPS) is 12.6. The molecule has 0 saturated carbocycles. The number of ether oxygens (including phenoxy) is 1. The molecule has 0 aliphatic rings. The van der Waals surface area contributed by atoms with Crippen LogP contribution in [0.1, 0.15) is 25.2 Å². The summed E-state index contributed by atoms with van der Waals surface area (Å²) in [6, 6.07) is 12.7. The molecule has 2 rings (SSSR count). The summed E-state index contributed by atoms with van der Waals surface area (Å²) in [7, 11) is 1.71. The second kappa shape index (κ2) is 7.27. The van der Waals surface area contributed by atoms with E-state index >= 15 is 0 Å². The number of hydrogen-bond donors (Lipinski definition) is 1. The van der Waals surface area contributed by atoms with Crippen LogP contribution in [0.25, 0.3) is 11.3 Å². The lowest BCUT2D eigenvalue weighted by atomic mass is 10.1. The Labute approximate surface area is 121 Å². The zero-order chi connectivity index (χ0) is 14.4. The van der Waals surface area contributed by atoms with Crippen LogP contribution in [0, 0.1) is 0 Å². The minimum Gasteiger partial charge on any atom is -0.461 e. The van der Waals surface area contributed by atoms with E-state index in [-0.39, 0.29) is 0 Å². The molecule has 1 aromatic heterocycles. The third-order valence-electron chi connectivity index (χ3n) is 3.30. The second-order valence-electron chi connectivity index (χ2n) is 5.02. The van der Waals surface area contributed by atoms with Gasteiger partial charge < -0.3 is 14.5 Å². The van der Waals surface area contributed by atoms with Crippen molar-refractivity contribution in [1.82, 2.24) is 5.32 Å². The average molecular weight is 273 g/mol. The molecule has 1 N–H and O–H groups in total. The predicted octanol–water partition coefficient (Wildman–Crippen LogP) is 3.63. The summed E-state index contributed by atoms with van der Waals surface area (Å²) in [5.74, 6) is 1.93. The molecule has 3 nitrogen and oxygen atoms in total. The fraction of sp³-hybridized carbons (Fsp3) is 0.412. The van der Waals surface area contributed by atoms with Crippen molar-refractivity contribution in [2.45, 2.75) is 32.9 Å². The van der Waals surface area contributed by atoms with Gasteiger partial charge in [0.1, 0.15) is 11.5 Å². The zero-order valence-corrected chi connectivity index (χ0v) is 12.5. The highest BCUT2D eigenvalue weighted by molar-refractivity contribution is 5.62. The summed E-state index contributed by atoms with van der Waals surface area (Å²) in [5.41, 5.74) is 2.26. The van der Waals surface area contributed by atoms with Gasteiger partial charge in [-0.05, 0) is 31.2 Å². The lowest BCUT2D eigenvalue weighted by Gasteiger charge is -2.10. The molecule has 0 amide bonds. The van der Waals surface area contributed by atoms with Crippen LogP contribution in [-0.2, 0) is 17.8 Å². The smallest absolute Gasteiger partial charge is 0.134 e. The van der Waals surface area contributed by atoms with Crippen molar-refractivity contribution in [3.8, 4) is 11.3 Å². The molecule has 1 aromatic carbocycles. The van der Waals surface area contributed by atoms with Gasteiger partial charge in [-0.15, -0.1) is 0 Å². The lowest BCUT2D eigenvalue weighted by molar-refractivity contribution is 0.185. The van der Waals surface area contributed by atoms with Crippen molar-refractivity contribution in [3.63, 3.8) is 0 Å². The van der Waals surface area contributed by atoms with Crippen molar-refractivity contribution in [2.24, 2.45) is 0 Å². The summed E-state index contributed by atoms with van der Waals surface area (Å²) in [6.07, 6.45) is 0.903. The van der Waals surface area contributed by atoms with Crippen LogP contribution in [-0.4, -0.2) is 19.7 Å². The van der Waals surface area contributed by atoms with Gasteiger partial charge >= 0.3 is 0 Å². The van der Waals surface area contributed by atoms with Crippen molar-refractivity contribution in [1.29, 1.82) is 0 Å². The number of furan rings is 1. The minimum absolute atomic E-state index is 0.424. The van der Waals surface area contributed by atoms with E-state index in [9.17, 15) is 0 Å². The first-order chi connectivity index (χ1) is 9.74. The van der Waals surface area contributed by atoms with Gasteiger partial charge in [0.15, 0.2) is 0 Å². The van der Waals surface area contributed by atoms with E-state index in [1.165, 1.54) is 0 Å². The molecular formula is C17H23NO2. The van der Waals surface area contributed by atoms with Crippen LogP contribution in [0.4, 0.5) is 0 Å².